The first kappa shape index (κ1) is 89.2. The molecule has 0 heterocycles. The van der Waals surface area contributed by atoms with Gasteiger partial charge in [-0.1, -0.05) is 238 Å². The van der Waals surface area contributed by atoms with Gasteiger partial charge in [-0.15, -0.1) is 0 Å². The van der Waals surface area contributed by atoms with Gasteiger partial charge in [0.1, 0.15) is 19.3 Å². The minimum atomic E-state index is -4.99. The number of hydrogen-bond acceptors (Lipinski definition) is 15. The number of aliphatic hydroxyl groups is 1. The summed E-state index contributed by atoms with van der Waals surface area (Å²) in [6.07, 6.45) is 72.1. The van der Waals surface area contributed by atoms with Gasteiger partial charge in [-0.05, 0) is 128 Å². The van der Waals surface area contributed by atoms with Crippen LogP contribution in [-0.2, 0) is 65.4 Å². The normalized spacial score (nSPS) is 14.8. The van der Waals surface area contributed by atoms with Crippen molar-refractivity contribution < 1.29 is 80.2 Å². The fraction of sp³-hybridized carbons (Fsp3) is 0.653. The van der Waals surface area contributed by atoms with Gasteiger partial charge in [0.05, 0.1) is 32.8 Å². The quantitative estimate of drug-likeness (QED) is 0.0169. The van der Waals surface area contributed by atoms with E-state index in [-0.39, 0.29) is 25.7 Å². The summed E-state index contributed by atoms with van der Waals surface area (Å²) < 4.78 is 68.1. The van der Waals surface area contributed by atoms with E-state index in [0.717, 1.165) is 167 Å². The summed E-state index contributed by atoms with van der Waals surface area (Å²) in [5.41, 5.74) is 0. The second-order valence-electron chi connectivity index (χ2n) is 23.1. The van der Waals surface area contributed by atoms with E-state index < -0.39 is 97.5 Å². The van der Waals surface area contributed by atoms with Gasteiger partial charge in [0.15, 0.2) is 12.2 Å². The van der Waals surface area contributed by atoms with Crippen molar-refractivity contribution in [1.82, 2.24) is 0 Å². The van der Waals surface area contributed by atoms with Crippen LogP contribution in [0.4, 0.5) is 0 Å². The Bertz CT molecular complexity index is 2310. The molecule has 0 saturated heterocycles. The number of aliphatic hydroxyl groups excluding tert-OH is 1. The molecule has 536 valence electrons. The Hall–Kier alpha value is -4.80. The van der Waals surface area contributed by atoms with Gasteiger partial charge in [-0.2, -0.15) is 0 Å². The van der Waals surface area contributed by atoms with E-state index in [1.807, 2.05) is 18.2 Å². The van der Waals surface area contributed by atoms with Crippen LogP contribution in [0.15, 0.2) is 134 Å². The number of phosphoric acid groups is 2. The van der Waals surface area contributed by atoms with Gasteiger partial charge in [-0.25, -0.2) is 9.13 Å². The molecular weight excluding hydrogens is 1230 g/mol. The zero-order valence-electron chi connectivity index (χ0n) is 58.1. The van der Waals surface area contributed by atoms with Crippen molar-refractivity contribution in [3.8, 4) is 0 Å². The molecule has 0 aromatic heterocycles. The maximum absolute atomic E-state index is 13.0. The molecule has 17 nitrogen and oxygen atoms in total. The molecule has 0 rings (SSSR count). The molecule has 0 fully saturated rings. The summed E-state index contributed by atoms with van der Waals surface area (Å²) in [4.78, 5) is 72.5. The van der Waals surface area contributed by atoms with Crippen LogP contribution >= 0.6 is 15.6 Å². The Morgan fingerprint density at radius 1 is 0.319 bits per heavy atom. The first-order valence-electron chi connectivity index (χ1n) is 35.4. The Morgan fingerprint density at radius 2 is 0.617 bits per heavy atom. The molecule has 19 heteroatoms. The van der Waals surface area contributed by atoms with Crippen LogP contribution in [0.5, 0.6) is 0 Å². The van der Waals surface area contributed by atoms with Crippen LogP contribution in [-0.4, -0.2) is 96.7 Å². The number of hydrogen-bond donors (Lipinski definition) is 3. The Morgan fingerprint density at radius 3 is 1.00 bits per heavy atom. The third kappa shape index (κ3) is 65.8. The number of phosphoric ester groups is 2. The summed E-state index contributed by atoms with van der Waals surface area (Å²) >= 11 is 0. The van der Waals surface area contributed by atoms with Crippen molar-refractivity contribution in [1.29, 1.82) is 0 Å². The van der Waals surface area contributed by atoms with Crippen LogP contribution in [0.25, 0.3) is 0 Å². The lowest BCUT2D eigenvalue weighted by molar-refractivity contribution is -0.161. The van der Waals surface area contributed by atoms with Crippen molar-refractivity contribution in [3.05, 3.63) is 134 Å². The molecule has 0 aromatic rings. The maximum atomic E-state index is 13.0. The number of esters is 4. The van der Waals surface area contributed by atoms with Gasteiger partial charge >= 0.3 is 39.5 Å². The monoisotopic (exact) mass is 1360 g/mol. The second kappa shape index (κ2) is 66.8. The average molecular weight is 1360 g/mol. The Balaban J connectivity index is 5.42. The minimum absolute atomic E-state index is 0.0613. The molecule has 0 radical (unpaired) electrons. The number of unbranched alkanes of at least 4 members (excludes halogenated alkanes) is 18. The molecule has 94 heavy (non-hydrogen) atoms. The van der Waals surface area contributed by atoms with Crippen molar-refractivity contribution >= 4 is 39.5 Å². The lowest BCUT2D eigenvalue weighted by atomic mass is 10.1. The molecule has 0 aromatic carbocycles. The zero-order chi connectivity index (χ0) is 69.0. The SMILES string of the molecule is CC/C=C\C/C=C\C/C=C\C/C=C\C/C=C\CC(=O)OCC(COP(=O)(O)OCC(O)COP(=O)(O)OCC(COC(=O)CCCCCCC/C=C\C/C=C\C/C=C\CC)OC(=O)CCCCCCC/C=C\C/C=C\CCC)OC(=O)CCCCCCC/C=C\CCCC. The fourth-order valence-electron chi connectivity index (χ4n) is 8.74. The molecular formula is C75H124O17P2. The fourth-order valence-corrected chi connectivity index (χ4v) is 10.3. The third-order valence-electron chi connectivity index (χ3n) is 14.1. The topological polar surface area (TPSA) is 237 Å². The van der Waals surface area contributed by atoms with Gasteiger partial charge in [-0.3, -0.25) is 37.3 Å². The molecule has 0 aliphatic rings. The van der Waals surface area contributed by atoms with E-state index in [0.29, 0.717) is 25.7 Å². The highest BCUT2D eigenvalue weighted by Crippen LogP contribution is 2.45. The van der Waals surface area contributed by atoms with Crippen molar-refractivity contribution in [2.24, 2.45) is 0 Å². The zero-order valence-corrected chi connectivity index (χ0v) is 59.9. The molecule has 0 spiro atoms. The highest BCUT2D eigenvalue weighted by atomic mass is 31.2. The molecule has 0 saturated carbocycles. The predicted molar refractivity (Wildman–Crippen MR) is 381 cm³/mol. The van der Waals surface area contributed by atoms with Gasteiger partial charge in [0.25, 0.3) is 0 Å². The van der Waals surface area contributed by atoms with E-state index in [4.69, 9.17) is 37.0 Å². The number of allylic oxidation sites excluding steroid dienone is 21. The van der Waals surface area contributed by atoms with Gasteiger partial charge < -0.3 is 33.8 Å². The van der Waals surface area contributed by atoms with E-state index in [1.54, 1.807) is 6.08 Å². The van der Waals surface area contributed by atoms with E-state index in [2.05, 4.69) is 137 Å². The predicted octanol–water partition coefficient (Wildman–Crippen LogP) is 19.8. The number of carbonyl (C=O) groups is 4. The second-order valence-corrected chi connectivity index (χ2v) is 26.0. The number of carbonyl (C=O) groups excluding carboxylic acids is 4. The van der Waals surface area contributed by atoms with E-state index >= 15 is 0 Å². The van der Waals surface area contributed by atoms with Gasteiger partial charge in [0.2, 0.25) is 0 Å². The lowest BCUT2D eigenvalue weighted by Gasteiger charge is -2.21. The van der Waals surface area contributed by atoms with E-state index in [1.165, 1.54) is 12.8 Å². The molecule has 5 unspecified atom stereocenters. The maximum Gasteiger partial charge on any atom is 0.472 e. The smallest absolute Gasteiger partial charge is 0.462 e. The largest absolute Gasteiger partial charge is 0.472 e. The third-order valence-corrected chi connectivity index (χ3v) is 16.0. The highest BCUT2D eigenvalue weighted by Gasteiger charge is 2.30. The highest BCUT2D eigenvalue weighted by molar-refractivity contribution is 7.47. The van der Waals surface area contributed by atoms with Crippen LogP contribution in [0, 0.1) is 0 Å². The summed E-state index contributed by atoms with van der Waals surface area (Å²) in [5.74, 6) is -2.38. The Kier molecular flexibility index (Phi) is 63.4. The summed E-state index contributed by atoms with van der Waals surface area (Å²) in [6.45, 7) is 4.34. The lowest BCUT2D eigenvalue weighted by Crippen LogP contribution is -2.30. The van der Waals surface area contributed by atoms with Crippen LogP contribution < -0.4 is 0 Å². The molecule has 0 amide bonds. The molecule has 0 bridgehead atoms. The van der Waals surface area contributed by atoms with Gasteiger partial charge in [0, 0.05) is 19.3 Å². The molecule has 3 N–H and O–H groups in total. The van der Waals surface area contributed by atoms with Crippen molar-refractivity contribution in [2.45, 2.75) is 277 Å². The first-order chi connectivity index (χ1) is 45.7. The minimum Gasteiger partial charge on any atom is -0.462 e. The van der Waals surface area contributed by atoms with Crippen LogP contribution in [0.2, 0.25) is 0 Å². The van der Waals surface area contributed by atoms with Crippen molar-refractivity contribution in [2.75, 3.05) is 39.6 Å². The number of ether oxygens (including phenoxy) is 4. The Labute approximate surface area is 567 Å². The van der Waals surface area contributed by atoms with E-state index in [9.17, 15) is 43.2 Å². The number of rotatable bonds is 65. The average Bonchev–Trinajstić information content (AvgIpc) is 1.35. The molecule has 0 aliphatic carbocycles. The molecule has 5 atom stereocenters. The molecule has 0 aliphatic heterocycles. The standard InChI is InChI=1S/C75H124O17P2/c1-5-9-13-17-21-25-29-32-34-37-40-43-47-51-55-59-72(77)85-65-70(91-74(79)61-57-53-49-45-39-28-24-20-16-12-8-4)67-89-93(81,82)87-63-69(76)64-88-94(83,84)90-68-71(92-75(80)62-58-54-50-46-42-36-31-27-23-19-15-11-7-3)66-86-73(78)60-56-52-48-44-41-38-35-33-30-26-22-18-14-10-6-2/h9-10,13-15,19-22,24-27,31-35,40,43,51,55,69-71,76H,5-8,11-12,16-18,23,28-30,36-39,41-42,44-50,52-54,56-68H2,1-4H3,(H,81,82)(H,83,84)/b13-9-,14-10-,19-15-,24-20-,25-21-,26-22-,31-27-,34-32-,35-33-,43-40-,55-51-. The summed E-state index contributed by atoms with van der Waals surface area (Å²) in [5, 5.41) is 10.6. The van der Waals surface area contributed by atoms with Crippen LogP contribution in [0.1, 0.15) is 259 Å². The summed E-state index contributed by atoms with van der Waals surface area (Å²) in [6, 6.07) is 0. The van der Waals surface area contributed by atoms with Crippen molar-refractivity contribution in [3.63, 3.8) is 0 Å². The first-order valence-corrected chi connectivity index (χ1v) is 38.4. The summed E-state index contributed by atoms with van der Waals surface area (Å²) in [7, 11) is -9.98. The van der Waals surface area contributed by atoms with Crippen LogP contribution in [0.3, 0.4) is 0 Å².